The molecule has 0 bridgehead atoms. The van der Waals surface area contributed by atoms with E-state index >= 15 is 0 Å². The molecule has 0 aromatic carbocycles. The fourth-order valence-electron chi connectivity index (χ4n) is 2.94. The molecule has 2 aliphatic carbocycles. The van der Waals surface area contributed by atoms with Gasteiger partial charge in [0.25, 0.3) is 0 Å². The first kappa shape index (κ1) is 12.7. The number of carbonyl (C=O) groups is 1. The average Bonchev–Trinajstić information content (AvgIpc) is 3.16. The number of carboxylic acid groups (broad SMARTS) is 1. The summed E-state index contributed by atoms with van der Waals surface area (Å²) in [6.07, 6.45) is 9.94. The molecule has 1 heterocycles. The van der Waals surface area contributed by atoms with Gasteiger partial charge in [0.2, 0.25) is 0 Å². The summed E-state index contributed by atoms with van der Waals surface area (Å²) in [5.74, 6) is -0.764. The third-order valence-corrected chi connectivity index (χ3v) is 4.33. The van der Waals surface area contributed by atoms with E-state index in [2.05, 4.69) is 14.9 Å². The average molecular weight is 263 g/mol. The van der Waals surface area contributed by atoms with Gasteiger partial charge in [-0.25, -0.2) is 4.98 Å². The quantitative estimate of drug-likeness (QED) is 0.852. The van der Waals surface area contributed by atoms with Crippen LogP contribution in [0.2, 0.25) is 0 Å². The molecule has 5 nitrogen and oxygen atoms in total. The highest BCUT2D eigenvalue weighted by Crippen LogP contribution is 2.35. The van der Waals surface area contributed by atoms with Crippen molar-refractivity contribution in [1.29, 1.82) is 0 Å². The van der Waals surface area contributed by atoms with E-state index in [-0.39, 0.29) is 5.92 Å². The van der Waals surface area contributed by atoms with Crippen molar-refractivity contribution in [2.75, 3.05) is 0 Å². The summed E-state index contributed by atoms with van der Waals surface area (Å²) in [4.78, 5) is 15.1. The number of imidazole rings is 1. The Hall–Kier alpha value is -1.36. The van der Waals surface area contributed by atoms with Crippen molar-refractivity contribution in [3.8, 4) is 0 Å². The highest BCUT2D eigenvalue weighted by Gasteiger charge is 2.27. The molecule has 2 N–H and O–H groups in total. The summed E-state index contributed by atoms with van der Waals surface area (Å²) in [5, 5.41) is 12.5. The van der Waals surface area contributed by atoms with Crippen molar-refractivity contribution in [3.63, 3.8) is 0 Å². The maximum absolute atomic E-state index is 10.9. The fourth-order valence-corrected chi connectivity index (χ4v) is 2.94. The van der Waals surface area contributed by atoms with E-state index in [1.54, 1.807) is 0 Å². The molecule has 0 atom stereocenters. The van der Waals surface area contributed by atoms with Gasteiger partial charge < -0.3 is 15.0 Å². The first-order valence-corrected chi connectivity index (χ1v) is 7.21. The molecule has 2 aliphatic rings. The molecule has 0 saturated heterocycles. The highest BCUT2D eigenvalue weighted by molar-refractivity contribution is 5.70. The molecule has 2 saturated carbocycles. The number of aliphatic carboxylic acids is 1. The molecule has 0 aliphatic heterocycles. The van der Waals surface area contributed by atoms with Crippen LogP contribution in [0.15, 0.2) is 12.5 Å². The van der Waals surface area contributed by atoms with E-state index in [0.29, 0.717) is 12.1 Å². The second kappa shape index (κ2) is 5.33. The highest BCUT2D eigenvalue weighted by atomic mass is 16.4. The molecule has 1 aromatic heterocycles. The van der Waals surface area contributed by atoms with Crippen LogP contribution in [0.5, 0.6) is 0 Å². The Labute approximate surface area is 113 Å². The largest absolute Gasteiger partial charge is 0.481 e. The van der Waals surface area contributed by atoms with E-state index in [4.69, 9.17) is 5.11 Å². The first-order chi connectivity index (χ1) is 9.24. The van der Waals surface area contributed by atoms with Gasteiger partial charge in [-0.1, -0.05) is 0 Å². The summed E-state index contributed by atoms with van der Waals surface area (Å²) in [6, 6.07) is 1.13. The van der Waals surface area contributed by atoms with Crippen molar-refractivity contribution in [2.45, 2.75) is 57.2 Å². The summed E-state index contributed by atoms with van der Waals surface area (Å²) >= 11 is 0. The van der Waals surface area contributed by atoms with Gasteiger partial charge in [-0.05, 0) is 38.5 Å². The number of nitrogens with zero attached hydrogens (tertiary/aromatic N) is 2. The number of hydrogen-bond acceptors (Lipinski definition) is 3. The zero-order chi connectivity index (χ0) is 13.2. The van der Waals surface area contributed by atoms with Crippen LogP contribution in [-0.4, -0.2) is 26.7 Å². The molecule has 3 rings (SSSR count). The van der Waals surface area contributed by atoms with Crippen molar-refractivity contribution in [3.05, 3.63) is 18.2 Å². The van der Waals surface area contributed by atoms with E-state index in [9.17, 15) is 4.79 Å². The predicted molar refractivity (Wildman–Crippen MR) is 70.7 cm³/mol. The van der Waals surface area contributed by atoms with E-state index in [1.807, 2.05) is 12.5 Å². The van der Waals surface area contributed by atoms with Crippen LogP contribution in [0, 0.1) is 5.92 Å². The van der Waals surface area contributed by atoms with Crippen LogP contribution < -0.4 is 5.32 Å². The van der Waals surface area contributed by atoms with E-state index < -0.39 is 5.97 Å². The summed E-state index contributed by atoms with van der Waals surface area (Å²) in [5.41, 5.74) is 1.25. The molecule has 0 unspecified atom stereocenters. The Balaban J connectivity index is 1.48. The fraction of sp³-hybridized carbons (Fsp3) is 0.714. The molecular formula is C14H21N3O2. The number of carboxylic acids is 1. The predicted octanol–water partition coefficient (Wildman–Crippen LogP) is 1.95. The lowest BCUT2D eigenvalue weighted by molar-refractivity contribution is -0.142. The molecule has 2 fully saturated rings. The van der Waals surface area contributed by atoms with Crippen LogP contribution in [-0.2, 0) is 11.3 Å². The van der Waals surface area contributed by atoms with Crippen molar-refractivity contribution < 1.29 is 9.90 Å². The molecule has 19 heavy (non-hydrogen) atoms. The number of aromatic nitrogens is 2. The molecule has 0 spiro atoms. The van der Waals surface area contributed by atoms with Gasteiger partial charge in [0.05, 0.1) is 17.9 Å². The Kier molecular flexibility index (Phi) is 3.55. The van der Waals surface area contributed by atoms with Gasteiger partial charge in [-0.15, -0.1) is 0 Å². The second-order valence-electron chi connectivity index (χ2n) is 5.79. The monoisotopic (exact) mass is 263 g/mol. The SMILES string of the molecule is O=C(O)C1CCC(NCc2cncn2C2CC2)CC1. The normalized spacial score (nSPS) is 27.4. The van der Waals surface area contributed by atoms with Crippen LogP contribution in [0.25, 0.3) is 0 Å². The molecule has 5 heteroatoms. The zero-order valence-corrected chi connectivity index (χ0v) is 11.1. The number of hydrogen-bond donors (Lipinski definition) is 2. The van der Waals surface area contributed by atoms with Crippen molar-refractivity contribution in [1.82, 2.24) is 14.9 Å². The number of nitrogens with one attached hydrogen (secondary N) is 1. The lowest BCUT2D eigenvalue weighted by Gasteiger charge is -2.27. The second-order valence-corrected chi connectivity index (χ2v) is 5.79. The molecule has 104 valence electrons. The lowest BCUT2D eigenvalue weighted by atomic mass is 9.86. The van der Waals surface area contributed by atoms with Crippen LogP contribution in [0.3, 0.4) is 0 Å². The number of rotatable bonds is 5. The molecule has 1 aromatic rings. The maximum atomic E-state index is 10.9. The summed E-state index contributed by atoms with van der Waals surface area (Å²) in [6.45, 7) is 0.846. The molecule has 0 radical (unpaired) electrons. The van der Waals surface area contributed by atoms with Gasteiger partial charge in [-0.3, -0.25) is 4.79 Å². The Morgan fingerprint density at radius 3 is 2.68 bits per heavy atom. The molecule has 0 amide bonds. The third-order valence-electron chi connectivity index (χ3n) is 4.33. The van der Waals surface area contributed by atoms with E-state index in [1.165, 1.54) is 18.5 Å². The topological polar surface area (TPSA) is 67.2 Å². The van der Waals surface area contributed by atoms with Gasteiger partial charge >= 0.3 is 5.97 Å². The summed E-state index contributed by atoms with van der Waals surface area (Å²) in [7, 11) is 0. The van der Waals surface area contributed by atoms with Crippen LogP contribution in [0.4, 0.5) is 0 Å². The lowest BCUT2D eigenvalue weighted by Crippen LogP contribution is -2.34. The Morgan fingerprint density at radius 2 is 2.05 bits per heavy atom. The first-order valence-electron chi connectivity index (χ1n) is 7.21. The minimum absolute atomic E-state index is 0.130. The maximum Gasteiger partial charge on any atom is 0.306 e. The van der Waals surface area contributed by atoms with Crippen molar-refractivity contribution in [2.24, 2.45) is 5.92 Å². The van der Waals surface area contributed by atoms with Crippen LogP contribution >= 0.6 is 0 Å². The van der Waals surface area contributed by atoms with Crippen LogP contribution in [0.1, 0.15) is 50.3 Å². The van der Waals surface area contributed by atoms with Gasteiger partial charge in [0, 0.05) is 24.8 Å². The minimum Gasteiger partial charge on any atom is -0.481 e. The Morgan fingerprint density at radius 1 is 1.32 bits per heavy atom. The van der Waals surface area contributed by atoms with Gasteiger partial charge in [0.1, 0.15) is 0 Å². The van der Waals surface area contributed by atoms with Crippen molar-refractivity contribution >= 4 is 5.97 Å². The third kappa shape index (κ3) is 2.97. The smallest absolute Gasteiger partial charge is 0.306 e. The zero-order valence-electron chi connectivity index (χ0n) is 11.1. The standard InChI is InChI=1S/C14H21N3O2/c18-14(19)10-1-3-11(4-2-10)16-8-13-7-15-9-17(13)12-5-6-12/h7,9-12,16H,1-6,8H2,(H,18,19). The summed E-state index contributed by atoms with van der Waals surface area (Å²) < 4.78 is 2.27. The van der Waals surface area contributed by atoms with Gasteiger partial charge in [-0.2, -0.15) is 0 Å². The Bertz CT molecular complexity index is 445. The van der Waals surface area contributed by atoms with E-state index in [0.717, 1.165) is 32.2 Å². The minimum atomic E-state index is -0.634. The van der Waals surface area contributed by atoms with Gasteiger partial charge in [0.15, 0.2) is 0 Å². The molecular weight excluding hydrogens is 242 g/mol.